The van der Waals surface area contributed by atoms with E-state index in [-0.39, 0.29) is 58.7 Å². The zero-order valence-corrected chi connectivity index (χ0v) is 28.3. The lowest BCUT2D eigenvalue weighted by Crippen LogP contribution is -2.37. The number of amides is 4. The van der Waals surface area contributed by atoms with Crippen LogP contribution in [0.3, 0.4) is 0 Å². The van der Waals surface area contributed by atoms with Gasteiger partial charge in [-0.2, -0.15) is 0 Å². The summed E-state index contributed by atoms with van der Waals surface area (Å²) in [7, 11) is 0. The maximum absolute atomic E-state index is 14.8. The van der Waals surface area contributed by atoms with Crippen LogP contribution in [0.2, 0.25) is 0 Å². The number of rotatable bonds is 6. The third-order valence-electron chi connectivity index (χ3n) is 11.5. The highest BCUT2D eigenvalue weighted by atomic mass is 16.2. The van der Waals surface area contributed by atoms with Crippen LogP contribution in [0.15, 0.2) is 170 Å². The average Bonchev–Trinajstić information content (AvgIpc) is 3.63. The molecule has 0 radical (unpaired) electrons. The third-order valence-corrected chi connectivity index (χ3v) is 11.5. The molecule has 2 aliphatic heterocycles. The molecule has 2 fully saturated rings. The van der Waals surface area contributed by atoms with Gasteiger partial charge in [-0.15, -0.1) is 0 Å². The number of imide groups is 2. The SMILES string of the molecule is O=C1[C@@H]2[C@H](C(=O)N1c1ccccc1N1C(=O)[C@H]3[C@H](C1=O)[C@@H](c1ccccc1)C=C[C@@H]3c1ccccc1)[C@H](c1ccccc1)C=C[C@@H]2c1ccccc1. The van der Waals surface area contributed by atoms with Crippen molar-refractivity contribution in [2.75, 3.05) is 9.80 Å². The molecule has 2 aliphatic carbocycles. The van der Waals surface area contributed by atoms with E-state index in [9.17, 15) is 19.2 Å². The Hall–Kier alpha value is -6.14. The van der Waals surface area contributed by atoms with Crippen molar-refractivity contribution < 1.29 is 19.2 Å². The largest absolute Gasteiger partial charge is 0.274 e. The quantitative estimate of drug-likeness (QED) is 0.134. The van der Waals surface area contributed by atoms with Gasteiger partial charge in [-0.3, -0.25) is 19.2 Å². The highest BCUT2D eigenvalue weighted by molar-refractivity contribution is 6.28. The summed E-state index contributed by atoms with van der Waals surface area (Å²) in [5.74, 6) is -5.26. The van der Waals surface area contributed by atoms with E-state index in [1.54, 1.807) is 24.3 Å². The molecule has 0 unspecified atom stereocenters. The maximum Gasteiger partial charge on any atom is 0.238 e. The van der Waals surface area contributed by atoms with Crippen molar-refractivity contribution in [3.8, 4) is 0 Å². The Morgan fingerprint density at radius 1 is 0.288 bits per heavy atom. The van der Waals surface area contributed by atoms with E-state index in [2.05, 4.69) is 24.3 Å². The number of carbonyl (C=O) groups excluding carboxylic acids is 4. The summed E-state index contributed by atoms with van der Waals surface area (Å²) in [5, 5.41) is 0. The van der Waals surface area contributed by atoms with Crippen LogP contribution >= 0.6 is 0 Å². The molecule has 5 aromatic rings. The van der Waals surface area contributed by atoms with E-state index in [1.165, 1.54) is 9.80 Å². The standard InChI is InChI=1S/C46H36N2O4/c49-43-39-33(29-15-5-1-6-16-29)25-26-34(30-17-7-2-8-18-30)40(39)44(50)47(43)37-23-13-14-24-38(37)48-45(51)41-35(31-19-9-3-10-20-31)27-28-36(42(41)46(48)52)32-21-11-4-12-22-32/h1-28,33-36,39-42H/t33-,34-,35-,36+,39-,40-,41+,42-/m1/s1. The number of benzene rings is 5. The first kappa shape index (κ1) is 31.8. The molecule has 0 aromatic heterocycles. The van der Waals surface area contributed by atoms with Gasteiger partial charge in [0.1, 0.15) is 0 Å². The molecule has 2 heterocycles. The normalized spacial score (nSPS) is 27.9. The molecule has 2 saturated heterocycles. The van der Waals surface area contributed by atoms with Crippen molar-refractivity contribution >= 4 is 35.0 Å². The highest BCUT2D eigenvalue weighted by Crippen LogP contribution is 2.54. The van der Waals surface area contributed by atoms with Gasteiger partial charge in [-0.25, -0.2) is 9.80 Å². The van der Waals surface area contributed by atoms with Crippen molar-refractivity contribution in [2.24, 2.45) is 23.7 Å². The smallest absolute Gasteiger partial charge is 0.238 e. The number of fused-ring (bicyclic) bond motifs is 2. The maximum atomic E-state index is 14.8. The summed E-state index contributed by atoms with van der Waals surface area (Å²) in [6.07, 6.45) is 8.25. The van der Waals surface area contributed by atoms with Crippen LogP contribution in [0.1, 0.15) is 45.9 Å². The van der Waals surface area contributed by atoms with Crippen molar-refractivity contribution in [3.63, 3.8) is 0 Å². The summed E-state index contributed by atoms with van der Waals surface area (Å²) in [6.45, 7) is 0. The number of hydrogen-bond acceptors (Lipinski definition) is 4. The second-order valence-corrected chi connectivity index (χ2v) is 14.1. The minimum Gasteiger partial charge on any atom is -0.274 e. The summed E-state index contributed by atoms with van der Waals surface area (Å²) >= 11 is 0. The number of carbonyl (C=O) groups is 4. The Kier molecular flexibility index (Phi) is 7.88. The molecule has 6 heteroatoms. The summed E-state index contributed by atoms with van der Waals surface area (Å²) in [4.78, 5) is 61.9. The van der Waals surface area contributed by atoms with Crippen LogP contribution in [-0.4, -0.2) is 23.6 Å². The van der Waals surface area contributed by atoms with E-state index in [4.69, 9.17) is 0 Å². The summed E-state index contributed by atoms with van der Waals surface area (Å²) < 4.78 is 0. The first-order chi connectivity index (χ1) is 25.5. The molecule has 0 N–H and O–H groups in total. The van der Waals surface area contributed by atoms with E-state index in [0.717, 1.165) is 22.3 Å². The molecule has 0 bridgehead atoms. The lowest BCUT2D eigenvalue weighted by molar-refractivity contribution is -0.124. The second kappa shape index (κ2) is 12.9. The average molecular weight is 681 g/mol. The van der Waals surface area contributed by atoms with E-state index >= 15 is 0 Å². The zero-order chi connectivity index (χ0) is 35.3. The topological polar surface area (TPSA) is 74.8 Å². The van der Waals surface area contributed by atoms with Crippen molar-refractivity contribution in [1.29, 1.82) is 0 Å². The number of hydrogen-bond donors (Lipinski definition) is 0. The first-order valence-electron chi connectivity index (χ1n) is 17.9. The van der Waals surface area contributed by atoms with Gasteiger partial charge < -0.3 is 0 Å². The van der Waals surface area contributed by atoms with Gasteiger partial charge in [0.05, 0.1) is 35.0 Å². The molecule has 254 valence electrons. The molecule has 52 heavy (non-hydrogen) atoms. The fourth-order valence-corrected chi connectivity index (χ4v) is 9.19. The molecule has 4 aliphatic rings. The lowest BCUT2D eigenvalue weighted by atomic mass is 9.68. The first-order valence-corrected chi connectivity index (χ1v) is 17.9. The van der Waals surface area contributed by atoms with Gasteiger partial charge in [0, 0.05) is 23.7 Å². The van der Waals surface area contributed by atoms with Crippen molar-refractivity contribution in [2.45, 2.75) is 23.7 Å². The van der Waals surface area contributed by atoms with Crippen LogP contribution in [0.25, 0.3) is 0 Å². The second-order valence-electron chi connectivity index (χ2n) is 14.1. The van der Waals surface area contributed by atoms with Crippen LogP contribution in [0.4, 0.5) is 11.4 Å². The van der Waals surface area contributed by atoms with Gasteiger partial charge in [-0.05, 0) is 34.4 Å². The monoisotopic (exact) mass is 680 g/mol. The van der Waals surface area contributed by atoms with Crippen LogP contribution in [-0.2, 0) is 19.2 Å². The summed E-state index contributed by atoms with van der Waals surface area (Å²) in [5.41, 5.74) is 4.33. The lowest BCUT2D eigenvalue weighted by Gasteiger charge is -2.32. The number of nitrogens with zero attached hydrogens (tertiary/aromatic N) is 2. The molecule has 8 atom stereocenters. The van der Waals surface area contributed by atoms with E-state index < -0.39 is 23.7 Å². The number of anilines is 2. The number of allylic oxidation sites excluding steroid dienone is 4. The Labute approximate surface area is 302 Å². The van der Waals surface area contributed by atoms with Gasteiger partial charge in [0.25, 0.3) is 0 Å². The Morgan fingerprint density at radius 2 is 0.500 bits per heavy atom. The van der Waals surface area contributed by atoms with Gasteiger partial charge >= 0.3 is 0 Å². The van der Waals surface area contributed by atoms with Gasteiger partial charge in [0.2, 0.25) is 23.6 Å². The van der Waals surface area contributed by atoms with E-state index in [1.807, 2.05) is 121 Å². The molecular formula is C46H36N2O4. The highest BCUT2D eigenvalue weighted by Gasteiger charge is 2.59. The van der Waals surface area contributed by atoms with Gasteiger partial charge in [-0.1, -0.05) is 158 Å². The van der Waals surface area contributed by atoms with Crippen molar-refractivity contribution in [1.82, 2.24) is 0 Å². The zero-order valence-electron chi connectivity index (χ0n) is 28.3. The molecule has 5 aromatic carbocycles. The van der Waals surface area contributed by atoms with Crippen LogP contribution in [0.5, 0.6) is 0 Å². The van der Waals surface area contributed by atoms with Crippen LogP contribution in [0, 0.1) is 23.7 Å². The predicted octanol–water partition coefficient (Wildman–Crippen LogP) is 8.17. The predicted molar refractivity (Wildman–Crippen MR) is 200 cm³/mol. The van der Waals surface area contributed by atoms with Crippen LogP contribution < -0.4 is 9.80 Å². The van der Waals surface area contributed by atoms with Crippen molar-refractivity contribution in [3.05, 3.63) is 192 Å². The summed E-state index contributed by atoms with van der Waals surface area (Å²) in [6, 6.07) is 46.1. The van der Waals surface area contributed by atoms with E-state index in [0.29, 0.717) is 0 Å². The fraction of sp³-hybridized carbons (Fsp3) is 0.174. The third kappa shape index (κ3) is 5.01. The molecule has 9 rings (SSSR count). The molecule has 0 saturated carbocycles. The fourth-order valence-electron chi connectivity index (χ4n) is 9.19. The Balaban J connectivity index is 1.15. The Bertz CT molecular complexity index is 1940. The molecular weight excluding hydrogens is 645 g/mol. The molecule has 0 spiro atoms. The minimum atomic E-state index is -0.667. The minimum absolute atomic E-state index is 0.256. The van der Waals surface area contributed by atoms with Gasteiger partial charge in [0.15, 0.2) is 0 Å². The molecule has 4 amide bonds. The number of para-hydroxylation sites is 2. The molecule has 6 nitrogen and oxygen atoms in total. The Morgan fingerprint density at radius 3 is 0.731 bits per heavy atom.